The van der Waals surface area contributed by atoms with Crippen LogP contribution in [-0.2, 0) is 14.8 Å². The minimum absolute atomic E-state index is 0.0653. The van der Waals surface area contributed by atoms with Crippen LogP contribution in [0.2, 0.25) is 0 Å². The van der Waals surface area contributed by atoms with Gasteiger partial charge in [-0.2, -0.15) is 4.31 Å². The molecule has 4 rings (SSSR count). The van der Waals surface area contributed by atoms with E-state index in [0.717, 1.165) is 10.8 Å². The van der Waals surface area contributed by atoms with Gasteiger partial charge in [-0.25, -0.2) is 8.42 Å². The molecule has 0 spiro atoms. The van der Waals surface area contributed by atoms with Gasteiger partial charge in [-0.05, 0) is 47.9 Å². The minimum Gasteiger partial charge on any atom is -0.493 e. The molecular formula is C23H24N2O5S. The number of sulfonamides is 1. The zero-order valence-electron chi connectivity index (χ0n) is 17.4. The quantitative estimate of drug-likeness (QED) is 0.633. The Kier molecular flexibility index (Phi) is 5.84. The van der Waals surface area contributed by atoms with E-state index in [1.807, 2.05) is 42.5 Å². The number of carbonyl (C=O) groups excluding carboxylic acids is 1. The topological polar surface area (TPSA) is 84.9 Å². The highest BCUT2D eigenvalue weighted by molar-refractivity contribution is 7.89. The number of hydrogen-bond donors (Lipinski definition) is 1. The summed E-state index contributed by atoms with van der Waals surface area (Å²) in [4.78, 5) is 13.1. The van der Waals surface area contributed by atoms with E-state index in [9.17, 15) is 13.2 Å². The predicted octanol–water partition coefficient (Wildman–Crippen LogP) is 3.65. The Labute approximate surface area is 181 Å². The van der Waals surface area contributed by atoms with Crippen LogP contribution in [0, 0.1) is 0 Å². The molecule has 0 aromatic heterocycles. The van der Waals surface area contributed by atoms with Gasteiger partial charge in [-0.15, -0.1) is 0 Å². The largest absolute Gasteiger partial charge is 0.493 e. The Balaban J connectivity index is 1.58. The summed E-state index contributed by atoms with van der Waals surface area (Å²) in [5.74, 6) is 0.422. The zero-order valence-corrected chi connectivity index (χ0v) is 18.2. The molecule has 1 atom stereocenters. The third-order valence-electron chi connectivity index (χ3n) is 5.48. The van der Waals surface area contributed by atoms with Crippen molar-refractivity contribution in [1.29, 1.82) is 0 Å². The van der Waals surface area contributed by atoms with Gasteiger partial charge < -0.3 is 14.8 Å². The lowest BCUT2D eigenvalue weighted by atomic mass is 10.1. The molecule has 1 aliphatic rings. The SMILES string of the molecule is COc1ccc(S(=O)(=O)N2CCCC2C(=O)Nc2ccc3ccccc3c2)cc1OC. The van der Waals surface area contributed by atoms with Crippen molar-refractivity contribution in [2.75, 3.05) is 26.1 Å². The lowest BCUT2D eigenvalue weighted by molar-refractivity contribution is -0.119. The highest BCUT2D eigenvalue weighted by Crippen LogP contribution is 2.33. The van der Waals surface area contributed by atoms with Gasteiger partial charge in [0, 0.05) is 18.3 Å². The predicted molar refractivity (Wildman–Crippen MR) is 119 cm³/mol. The van der Waals surface area contributed by atoms with Crippen LogP contribution in [0.25, 0.3) is 10.8 Å². The van der Waals surface area contributed by atoms with Crippen molar-refractivity contribution in [3.63, 3.8) is 0 Å². The van der Waals surface area contributed by atoms with Gasteiger partial charge in [0.1, 0.15) is 6.04 Å². The average Bonchev–Trinajstić information content (AvgIpc) is 3.29. The highest BCUT2D eigenvalue weighted by atomic mass is 32.2. The number of ether oxygens (including phenoxy) is 2. The number of carbonyl (C=O) groups is 1. The van der Waals surface area contributed by atoms with Crippen LogP contribution in [-0.4, -0.2) is 45.4 Å². The molecule has 7 nitrogen and oxygen atoms in total. The first-order chi connectivity index (χ1) is 14.9. The van der Waals surface area contributed by atoms with Crippen molar-refractivity contribution in [3.8, 4) is 11.5 Å². The molecule has 1 saturated heterocycles. The summed E-state index contributed by atoms with van der Waals surface area (Å²) in [7, 11) is -0.946. The van der Waals surface area contributed by atoms with Gasteiger partial charge in [-0.1, -0.05) is 30.3 Å². The Morgan fingerprint density at radius 2 is 1.71 bits per heavy atom. The van der Waals surface area contributed by atoms with E-state index in [-0.39, 0.29) is 17.3 Å². The third-order valence-corrected chi connectivity index (χ3v) is 7.39. The standard InChI is InChI=1S/C23H24N2O5S/c1-29-21-12-11-19(15-22(21)30-2)31(27,28)25-13-5-8-20(25)23(26)24-18-10-9-16-6-3-4-7-17(16)14-18/h3-4,6-7,9-12,14-15,20H,5,8,13H2,1-2H3,(H,24,26). The number of rotatable bonds is 6. The first-order valence-electron chi connectivity index (χ1n) is 9.97. The number of fused-ring (bicyclic) bond motifs is 1. The van der Waals surface area contributed by atoms with Crippen molar-refractivity contribution in [2.24, 2.45) is 0 Å². The lowest BCUT2D eigenvalue weighted by Crippen LogP contribution is -2.43. The zero-order chi connectivity index (χ0) is 22.0. The van der Waals surface area contributed by atoms with Crippen LogP contribution in [0.1, 0.15) is 12.8 Å². The molecule has 0 saturated carbocycles. The summed E-state index contributed by atoms with van der Waals surface area (Å²) >= 11 is 0. The van der Waals surface area contributed by atoms with Gasteiger partial charge in [0.2, 0.25) is 15.9 Å². The molecule has 1 fully saturated rings. The number of benzene rings is 3. The van der Waals surface area contributed by atoms with Crippen molar-refractivity contribution in [2.45, 2.75) is 23.8 Å². The van der Waals surface area contributed by atoms with E-state index in [4.69, 9.17) is 9.47 Å². The van der Waals surface area contributed by atoms with Crippen LogP contribution in [0.15, 0.2) is 65.6 Å². The smallest absolute Gasteiger partial charge is 0.243 e. The molecule has 1 N–H and O–H groups in total. The molecule has 1 amide bonds. The first-order valence-corrected chi connectivity index (χ1v) is 11.4. The van der Waals surface area contributed by atoms with E-state index in [2.05, 4.69) is 5.32 Å². The van der Waals surface area contributed by atoms with Crippen LogP contribution in [0.4, 0.5) is 5.69 Å². The van der Waals surface area contributed by atoms with Crippen molar-refractivity contribution < 1.29 is 22.7 Å². The van der Waals surface area contributed by atoms with Gasteiger partial charge >= 0.3 is 0 Å². The van der Waals surface area contributed by atoms with Crippen molar-refractivity contribution in [3.05, 3.63) is 60.7 Å². The van der Waals surface area contributed by atoms with Crippen molar-refractivity contribution in [1.82, 2.24) is 4.31 Å². The molecule has 3 aromatic rings. The van der Waals surface area contributed by atoms with Crippen molar-refractivity contribution >= 4 is 32.4 Å². The lowest BCUT2D eigenvalue weighted by Gasteiger charge is -2.24. The second-order valence-corrected chi connectivity index (χ2v) is 9.23. The van der Waals surface area contributed by atoms with E-state index < -0.39 is 16.1 Å². The second-order valence-electron chi connectivity index (χ2n) is 7.34. The highest BCUT2D eigenvalue weighted by Gasteiger charge is 2.39. The van der Waals surface area contributed by atoms with Gasteiger partial charge in [-0.3, -0.25) is 4.79 Å². The van der Waals surface area contributed by atoms with Gasteiger partial charge in [0.25, 0.3) is 0 Å². The molecule has 1 heterocycles. The first kappa shape index (κ1) is 21.1. The van der Waals surface area contributed by atoms with E-state index in [1.165, 1.54) is 30.7 Å². The number of hydrogen-bond acceptors (Lipinski definition) is 5. The van der Waals surface area contributed by atoms with E-state index in [1.54, 1.807) is 6.07 Å². The Morgan fingerprint density at radius 1 is 0.968 bits per heavy atom. The van der Waals surface area contributed by atoms with E-state index >= 15 is 0 Å². The fourth-order valence-electron chi connectivity index (χ4n) is 3.89. The van der Waals surface area contributed by atoms with E-state index in [0.29, 0.717) is 30.0 Å². The molecule has 31 heavy (non-hydrogen) atoms. The fraction of sp³-hybridized carbons (Fsp3) is 0.261. The number of anilines is 1. The van der Waals surface area contributed by atoms with Crippen LogP contribution in [0.5, 0.6) is 11.5 Å². The van der Waals surface area contributed by atoms with Gasteiger partial charge in [0.15, 0.2) is 11.5 Å². The number of amides is 1. The second kappa shape index (κ2) is 8.56. The maximum atomic E-state index is 13.3. The molecular weight excluding hydrogens is 416 g/mol. The normalized spacial score (nSPS) is 16.9. The number of methoxy groups -OCH3 is 2. The molecule has 0 bridgehead atoms. The molecule has 3 aromatic carbocycles. The Morgan fingerprint density at radius 3 is 2.45 bits per heavy atom. The Bertz CT molecular complexity index is 1230. The van der Waals surface area contributed by atoms with Crippen LogP contribution >= 0.6 is 0 Å². The average molecular weight is 441 g/mol. The molecule has 1 aliphatic heterocycles. The Hall–Kier alpha value is -3.10. The fourth-order valence-corrected chi connectivity index (χ4v) is 5.57. The van der Waals surface area contributed by atoms with Crippen LogP contribution < -0.4 is 14.8 Å². The number of nitrogens with one attached hydrogen (secondary N) is 1. The summed E-state index contributed by atoms with van der Waals surface area (Å²) in [5.41, 5.74) is 0.638. The molecule has 8 heteroatoms. The minimum atomic E-state index is -3.88. The van der Waals surface area contributed by atoms with Gasteiger partial charge in [0.05, 0.1) is 19.1 Å². The summed E-state index contributed by atoms with van der Waals surface area (Å²) in [6, 6.07) is 17.1. The van der Waals surface area contributed by atoms with Crippen LogP contribution in [0.3, 0.4) is 0 Å². The summed E-state index contributed by atoms with van der Waals surface area (Å²) in [5, 5.41) is 4.95. The summed E-state index contributed by atoms with van der Waals surface area (Å²) in [6.07, 6.45) is 1.08. The summed E-state index contributed by atoms with van der Waals surface area (Å²) < 4.78 is 38.3. The maximum Gasteiger partial charge on any atom is 0.243 e. The monoisotopic (exact) mass is 440 g/mol. The molecule has 1 unspecified atom stereocenters. The molecule has 0 aliphatic carbocycles. The number of nitrogens with zero attached hydrogens (tertiary/aromatic N) is 1. The molecule has 0 radical (unpaired) electrons. The maximum absolute atomic E-state index is 13.3. The third kappa shape index (κ3) is 4.08. The summed E-state index contributed by atoms with van der Waals surface area (Å²) in [6.45, 7) is 0.284. The molecule has 162 valence electrons.